The Labute approximate surface area is 370 Å². The van der Waals surface area contributed by atoms with Crippen LogP contribution in [0, 0.1) is 62.1 Å². The van der Waals surface area contributed by atoms with Crippen LogP contribution in [-0.4, -0.2) is 132 Å². The number of hydrogen-bond donors (Lipinski definition) is 11. The average molecular weight is 887 g/mol. The van der Waals surface area contributed by atoms with Crippen LogP contribution in [0.4, 0.5) is 0 Å². The number of aliphatic carboxylic acids is 1. The van der Waals surface area contributed by atoms with Gasteiger partial charge in [-0.1, -0.05) is 46.3 Å². The number of carboxylic acids is 1. The Morgan fingerprint density at radius 1 is 0.984 bits per heavy atom. The number of amides is 1. The van der Waals surface area contributed by atoms with Gasteiger partial charge in [-0.25, -0.2) is 4.98 Å². The fourth-order valence-electron chi connectivity index (χ4n) is 15.6. The zero-order valence-corrected chi connectivity index (χ0v) is 37.7. The summed E-state index contributed by atoms with van der Waals surface area (Å²) in [5, 5.41) is 91.9. The fourth-order valence-corrected chi connectivity index (χ4v) is 15.6. The van der Waals surface area contributed by atoms with Gasteiger partial charge in [-0.15, -0.1) is 0 Å². The summed E-state index contributed by atoms with van der Waals surface area (Å²) >= 11 is 0. The molecule has 63 heavy (non-hydrogen) atoms. The van der Waals surface area contributed by atoms with Crippen molar-refractivity contribution in [3.63, 3.8) is 0 Å². The van der Waals surface area contributed by atoms with Crippen molar-refractivity contribution >= 4 is 11.9 Å². The van der Waals surface area contributed by atoms with Gasteiger partial charge in [0.25, 0.3) is 0 Å². The number of hydrogen-bond acceptors (Lipinski definition) is 13. The molecule has 1 aromatic rings. The molecule has 354 valence electrons. The van der Waals surface area contributed by atoms with Gasteiger partial charge in [0.15, 0.2) is 6.29 Å². The van der Waals surface area contributed by atoms with Crippen molar-refractivity contribution in [3.05, 3.63) is 29.9 Å². The predicted octanol–water partition coefficient (Wildman–Crippen LogP) is 2.30. The number of imidazole rings is 1. The Balaban J connectivity index is 1.24. The molecule has 16 heteroatoms. The van der Waals surface area contributed by atoms with Crippen LogP contribution in [-0.2, 0) is 19.1 Å². The van der Waals surface area contributed by atoms with Gasteiger partial charge in [0.2, 0.25) is 5.91 Å². The molecule has 12 N–H and O–H groups in total. The average Bonchev–Trinajstić information content (AvgIpc) is 3.91. The SMILES string of the molecule is CC1(CO)CCC2(C(=O)O)CCC3(C)C(=CCC4C5(C)C(CC6CC(=O)NC6C(CCC(N)O)c6cnc[nH]6)C(O)C(OC6OCC(O)C(O)C6O)C(C)(CO)C5CCC43C)C2C1. The number of nitrogens with zero attached hydrogens (tertiary/aromatic N) is 1. The predicted molar refractivity (Wildman–Crippen MR) is 228 cm³/mol. The molecule has 16 nitrogen and oxygen atoms in total. The number of nitrogens with two attached hydrogens (primary N) is 1. The van der Waals surface area contributed by atoms with Gasteiger partial charge in [0, 0.05) is 42.3 Å². The summed E-state index contributed by atoms with van der Waals surface area (Å²) < 4.78 is 12.4. The van der Waals surface area contributed by atoms with Crippen molar-refractivity contribution in [2.75, 3.05) is 19.8 Å². The number of aromatic amines is 1. The minimum absolute atomic E-state index is 0.0125. The quantitative estimate of drug-likeness (QED) is 0.0817. The number of carbonyl (C=O) groups is 2. The summed E-state index contributed by atoms with van der Waals surface area (Å²) in [7, 11) is 0. The number of H-pyrrole nitrogens is 1. The molecule has 4 saturated carbocycles. The molecule has 0 radical (unpaired) electrons. The molecule has 8 rings (SSSR count). The van der Waals surface area contributed by atoms with E-state index < -0.39 is 88.0 Å². The van der Waals surface area contributed by atoms with Crippen molar-refractivity contribution in [3.8, 4) is 0 Å². The maximum Gasteiger partial charge on any atom is 0.310 e. The second-order valence-electron chi connectivity index (χ2n) is 22.5. The van der Waals surface area contributed by atoms with E-state index >= 15 is 0 Å². The first-order valence-electron chi connectivity index (χ1n) is 23.5. The van der Waals surface area contributed by atoms with Gasteiger partial charge >= 0.3 is 5.97 Å². The number of ether oxygens (including phenoxy) is 2. The van der Waals surface area contributed by atoms with Crippen molar-refractivity contribution in [2.24, 2.45) is 67.8 Å². The Bertz CT molecular complexity index is 1880. The van der Waals surface area contributed by atoms with Gasteiger partial charge in [-0.05, 0) is 122 Å². The lowest BCUT2D eigenvalue weighted by Crippen LogP contribution is -2.72. The van der Waals surface area contributed by atoms with Gasteiger partial charge in [0.05, 0.1) is 37.2 Å². The van der Waals surface area contributed by atoms with Crippen LogP contribution in [0.15, 0.2) is 24.2 Å². The van der Waals surface area contributed by atoms with E-state index in [4.69, 9.17) is 15.2 Å². The van der Waals surface area contributed by atoms with E-state index in [0.717, 1.165) is 12.1 Å². The molecule has 7 aliphatic rings. The molecule has 2 aliphatic heterocycles. The molecule has 2 saturated heterocycles. The summed E-state index contributed by atoms with van der Waals surface area (Å²) in [5.74, 6) is -2.58. The number of allylic oxidation sites excluding steroid dienone is 2. The monoisotopic (exact) mass is 887 g/mol. The summed E-state index contributed by atoms with van der Waals surface area (Å²) in [6.07, 6.45) is 2.52. The number of aliphatic hydroxyl groups excluding tert-OH is 7. The van der Waals surface area contributed by atoms with E-state index in [0.29, 0.717) is 57.8 Å². The van der Waals surface area contributed by atoms with E-state index in [-0.39, 0.29) is 73.6 Å². The molecule has 3 heterocycles. The number of rotatable bonds is 12. The zero-order valence-electron chi connectivity index (χ0n) is 37.7. The highest BCUT2D eigenvalue weighted by atomic mass is 16.7. The highest BCUT2D eigenvalue weighted by Gasteiger charge is 2.73. The van der Waals surface area contributed by atoms with Crippen LogP contribution in [0.1, 0.15) is 123 Å². The smallest absolute Gasteiger partial charge is 0.310 e. The third-order valence-electron chi connectivity index (χ3n) is 19.5. The highest BCUT2D eigenvalue weighted by molar-refractivity contribution is 5.79. The van der Waals surface area contributed by atoms with Crippen molar-refractivity contribution in [1.82, 2.24) is 15.3 Å². The molecule has 20 atom stereocenters. The fraction of sp³-hybridized carbons (Fsp3) is 0.851. The van der Waals surface area contributed by atoms with Gasteiger partial charge < -0.3 is 66.4 Å². The number of nitrogens with one attached hydrogen (secondary N) is 2. The molecule has 0 aromatic carbocycles. The molecule has 20 unspecified atom stereocenters. The van der Waals surface area contributed by atoms with Crippen LogP contribution in [0.2, 0.25) is 0 Å². The number of fused-ring (bicyclic) bond motifs is 7. The van der Waals surface area contributed by atoms with E-state index in [1.54, 1.807) is 12.5 Å². The van der Waals surface area contributed by atoms with Crippen molar-refractivity contribution in [2.45, 2.75) is 167 Å². The topological polar surface area (TPSA) is 281 Å². The Morgan fingerprint density at radius 3 is 2.37 bits per heavy atom. The van der Waals surface area contributed by atoms with Crippen molar-refractivity contribution < 1.29 is 59.9 Å². The molecule has 0 spiro atoms. The summed E-state index contributed by atoms with van der Waals surface area (Å²) in [6.45, 7) is 10.2. The van der Waals surface area contributed by atoms with E-state index in [9.17, 15) is 50.4 Å². The molecule has 6 fully saturated rings. The lowest BCUT2D eigenvalue weighted by molar-refractivity contribution is -0.340. The highest BCUT2D eigenvalue weighted by Crippen LogP contribution is 2.77. The van der Waals surface area contributed by atoms with E-state index in [1.807, 2.05) is 6.92 Å². The molecular weight excluding hydrogens is 813 g/mol. The lowest BCUT2D eigenvalue weighted by atomic mass is 9.31. The molecule has 1 aromatic heterocycles. The summed E-state index contributed by atoms with van der Waals surface area (Å²) in [5.41, 5.74) is 3.92. The summed E-state index contributed by atoms with van der Waals surface area (Å²) in [4.78, 5) is 34.4. The molecule has 1 amide bonds. The van der Waals surface area contributed by atoms with Crippen molar-refractivity contribution in [1.29, 1.82) is 0 Å². The van der Waals surface area contributed by atoms with Crippen LogP contribution in [0.3, 0.4) is 0 Å². The minimum Gasteiger partial charge on any atom is -0.481 e. The minimum atomic E-state index is -1.63. The zero-order chi connectivity index (χ0) is 45.7. The largest absolute Gasteiger partial charge is 0.481 e. The molecule has 0 bridgehead atoms. The second kappa shape index (κ2) is 16.7. The normalized spacial score (nSPS) is 49.3. The number of aromatic nitrogens is 2. The van der Waals surface area contributed by atoms with Gasteiger partial charge in [0.1, 0.15) is 24.5 Å². The standard InChI is InChI=1S/C47H74N4O12/c1-42(21-52)12-14-47(41(60)61)15-13-44(3)26(28(47)18-42)7-8-32-45(44,4)11-10-31-43(2,22-53)39(63-40-38(59)37(58)30(54)20-62-40)36(57)27(46(31,32)5)16-24-17-34(56)51-35(24)25(6-9-33(48)55)29-19-49-23-50-29/h7,19,23-25,27-28,30-33,35-40,52-55,57-59H,6,8-18,20-22,48H2,1-5H3,(H,49,50)(H,51,56)(H,60,61). The Kier molecular flexibility index (Phi) is 12.4. The summed E-state index contributed by atoms with van der Waals surface area (Å²) in [6, 6.07) is -0.406. The lowest BCUT2D eigenvalue weighted by Gasteiger charge is -2.73. The maximum atomic E-state index is 13.6. The first-order valence-corrected chi connectivity index (χ1v) is 23.5. The van der Waals surface area contributed by atoms with Crippen LogP contribution in [0.5, 0.6) is 0 Å². The van der Waals surface area contributed by atoms with E-state index in [2.05, 4.69) is 49.1 Å². The third kappa shape index (κ3) is 7.18. The third-order valence-corrected chi connectivity index (χ3v) is 19.5. The number of carboxylic acid groups (broad SMARTS) is 1. The Hall–Kier alpha value is -2.51. The molecule has 5 aliphatic carbocycles. The van der Waals surface area contributed by atoms with Crippen LogP contribution in [0.25, 0.3) is 0 Å². The number of aliphatic hydroxyl groups is 7. The second-order valence-corrected chi connectivity index (χ2v) is 22.5. The molecular formula is C47H74N4O12. The van der Waals surface area contributed by atoms with Gasteiger partial charge in [-0.3, -0.25) is 9.59 Å². The van der Waals surface area contributed by atoms with Crippen LogP contribution >= 0.6 is 0 Å². The van der Waals surface area contributed by atoms with Gasteiger partial charge in [-0.2, -0.15) is 0 Å². The maximum absolute atomic E-state index is 13.6. The van der Waals surface area contributed by atoms with Crippen LogP contribution < -0.4 is 11.1 Å². The number of carbonyl (C=O) groups excluding carboxylic acids is 1. The van der Waals surface area contributed by atoms with E-state index in [1.165, 1.54) is 5.57 Å². The first-order chi connectivity index (χ1) is 29.6. The first kappa shape index (κ1) is 47.0. The Morgan fingerprint density at radius 2 is 1.71 bits per heavy atom.